The summed E-state index contributed by atoms with van der Waals surface area (Å²) in [5.41, 5.74) is 10.8. The lowest BCUT2D eigenvalue weighted by atomic mass is 10.0. The van der Waals surface area contributed by atoms with E-state index < -0.39 is 5.91 Å². The van der Waals surface area contributed by atoms with Crippen LogP contribution in [0.1, 0.15) is 15.9 Å². The molecule has 0 aliphatic rings. The largest absolute Gasteiger partial charge is 0.366 e. The number of nitrogens with two attached hydrogens (primary N) is 1. The lowest BCUT2D eigenvalue weighted by Crippen LogP contribution is -2.11. The molecule has 2 aromatic heterocycles. The third kappa shape index (κ3) is 3.00. The summed E-state index contributed by atoms with van der Waals surface area (Å²) >= 11 is 1.73. The van der Waals surface area contributed by atoms with Gasteiger partial charge in [-0.3, -0.25) is 4.79 Å². The Morgan fingerprint density at radius 1 is 0.812 bits per heavy atom. The van der Waals surface area contributed by atoms with Crippen molar-refractivity contribution in [3.8, 4) is 10.4 Å². The Morgan fingerprint density at radius 2 is 1.69 bits per heavy atom. The SMILES string of the molecule is NC(=O)c1cccc2c1c1ccc(-c3cccs3)cc1n2Cc1ccc2ccccc2c1. The summed E-state index contributed by atoms with van der Waals surface area (Å²) < 4.78 is 2.30. The van der Waals surface area contributed by atoms with Crippen LogP contribution in [0.15, 0.2) is 96.4 Å². The molecule has 32 heavy (non-hydrogen) atoms. The molecule has 0 spiro atoms. The van der Waals surface area contributed by atoms with E-state index in [1.807, 2.05) is 12.1 Å². The summed E-state index contributed by atoms with van der Waals surface area (Å²) in [6.45, 7) is 0.709. The second-order valence-electron chi connectivity index (χ2n) is 8.04. The number of rotatable bonds is 4. The molecular formula is C28H20N2OS. The second kappa shape index (κ2) is 7.36. The minimum Gasteiger partial charge on any atom is -0.366 e. The minimum atomic E-state index is -0.400. The molecule has 154 valence electrons. The van der Waals surface area contributed by atoms with Crippen molar-refractivity contribution in [3.05, 3.63) is 108 Å². The van der Waals surface area contributed by atoms with Crippen molar-refractivity contribution >= 4 is 49.8 Å². The molecule has 4 aromatic carbocycles. The number of hydrogen-bond acceptors (Lipinski definition) is 2. The van der Waals surface area contributed by atoms with Crippen molar-refractivity contribution in [2.75, 3.05) is 0 Å². The Morgan fingerprint density at radius 3 is 2.50 bits per heavy atom. The molecule has 1 amide bonds. The van der Waals surface area contributed by atoms with E-state index in [0.29, 0.717) is 12.1 Å². The molecule has 0 saturated heterocycles. The molecule has 0 fully saturated rings. The number of nitrogens with zero attached hydrogens (tertiary/aromatic N) is 1. The molecule has 2 heterocycles. The zero-order valence-electron chi connectivity index (χ0n) is 17.3. The lowest BCUT2D eigenvalue weighted by Gasteiger charge is -2.10. The third-order valence-corrected chi connectivity index (χ3v) is 7.04. The fraction of sp³-hybridized carbons (Fsp3) is 0.0357. The van der Waals surface area contributed by atoms with Gasteiger partial charge in [0.05, 0.1) is 11.0 Å². The van der Waals surface area contributed by atoms with E-state index >= 15 is 0 Å². The van der Waals surface area contributed by atoms with Gasteiger partial charge in [0.25, 0.3) is 0 Å². The molecule has 0 bridgehead atoms. The summed E-state index contributed by atoms with van der Waals surface area (Å²) in [6, 6.07) is 31.5. The monoisotopic (exact) mass is 432 g/mol. The second-order valence-corrected chi connectivity index (χ2v) is 8.99. The van der Waals surface area contributed by atoms with Crippen molar-refractivity contribution in [1.29, 1.82) is 0 Å². The first-order chi connectivity index (χ1) is 15.7. The zero-order valence-corrected chi connectivity index (χ0v) is 18.1. The fourth-order valence-electron chi connectivity index (χ4n) is 4.64. The van der Waals surface area contributed by atoms with Crippen molar-refractivity contribution in [3.63, 3.8) is 0 Å². The highest BCUT2D eigenvalue weighted by atomic mass is 32.1. The topological polar surface area (TPSA) is 48.0 Å². The van der Waals surface area contributed by atoms with E-state index in [-0.39, 0.29) is 0 Å². The maximum Gasteiger partial charge on any atom is 0.249 e. The van der Waals surface area contributed by atoms with Gasteiger partial charge in [0, 0.05) is 27.8 Å². The first kappa shape index (κ1) is 18.8. The molecule has 6 aromatic rings. The summed E-state index contributed by atoms with van der Waals surface area (Å²) in [5.74, 6) is -0.400. The van der Waals surface area contributed by atoms with Crippen molar-refractivity contribution < 1.29 is 4.79 Å². The van der Waals surface area contributed by atoms with Gasteiger partial charge < -0.3 is 10.3 Å². The van der Waals surface area contributed by atoms with Gasteiger partial charge in [0.2, 0.25) is 5.91 Å². The van der Waals surface area contributed by atoms with Gasteiger partial charge in [-0.15, -0.1) is 11.3 Å². The zero-order chi connectivity index (χ0) is 21.7. The number of primary amides is 1. The first-order valence-corrected chi connectivity index (χ1v) is 11.4. The Kier molecular flexibility index (Phi) is 4.33. The molecule has 0 radical (unpaired) electrons. The molecule has 6 rings (SSSR count). The summed E-state index contributed by atoms with van der Waals surface area (Å²) in [6.07, 6.45) is 0. The molecule has 0 atom stereocenters. The number of aromatic nitrogens is 1. The van der Waals surface area contributed by atoms with Crippen molar-refractivity contribution in [1.82, 2.24) is 4.57 Å². The molecule has 0 aliphatic heterocycles. The van der Waals surface area contributed by atoms with Crippen LogP contribution in [0.2, 0.25) is 0 Å². The molecule has 0 saturated carbocycles. The number of benzene rings is 4. The Bertz CT molecular complexity index is 1630. The predicted molar refractivity (Wildman–Crippen MR) is 134 cm³/mol. The third-order valence-electron chi connectivity index (χ3n) is 6.12. The van der Waals surface area contributed by atoms with E-state index in [0.717, 1.165) is 21.8 Å². The highest BCUT2D eigenvalue weighted by molar-refractivity contribution is 7.13. The van der Waals surface area contributed by atoms with Gasteiger partial charge in [-0.1, -0.05) is 60.7 Å². The molecule has 4 heteroatoms. The van der Waals surface area contributed by atoms with E-state index in [2.05, 4.69) is 88.8 Å². The van der Waals surface area contributed by atoms with Crippen LogP contribution in [0, 0.1) is 0 Å². The van der Waals surface area contributed by atoms with Crippen LogP contribution < -0.4 is 5.73 Å². The van der Waals surface area contributed by atoms with E-state index in [1.165, 1.54) is 26.8 Å². The summed E-state index contributed by atoms with van der Waals surface area (Å²) in [7, 11) is 0. The normalized spacial score (nSPS) is 11.5. The Labute approximate surface area is 189 Å². The van der Waals surface area contributed by atoms with E-state index in [4.69, 9.17) is 5.73 Å². The highest BCUT2D eigenvalue weighted by Gasteiger charge is 2.17. The minimum absolute atomic E-state index is 0.400. The van der Waals surface area contributed by atoms with Crippen LogP contribution in [0.5, 0.6) is 0 Å². The van der Waals surface area contributed by atoms with Crippen LogP contribution in [0.4, 0.5) is 0 Å². The molecule has 0 aliphatic carbocycles. The van der Waals surface area contributed by atoms with E-state index in [1.54, 1.807) is 11.3 Å². The van der Waals surface area contributed by atoms with Crippen molar-refractivity contribution in [2.24, 2.45) is 5.73 Å². The highest BCUT2D eigenvalue weighted by Crippen LogP contribution is 2.36. The van der Waals surface area contributed by atoms with Gasteiger partial charge in [0.15, 0.2) is 0 Å². The van der Waals surface area contributed by atoms with Crippen LogP contribution in [0.25, 0.3) is 43.0 Å². The van der Waals surface area contributed by atoms with Crippen LogP contribution in [-0.4, -0.2) is 10.5 Å². The van der Waals surface area contributed by atoms with Gasteiger partial charge in [-0.25, -0.2) is 0 Å². The molecule has 2 N–H and O–H groups in total. The Hall–Kier alpha value is -3.89. The van der Waals surface area contributed by atoms with E-state index in [9.17, 15) is 4.79 Å². The number of hydrogen-bond donors (Lipinski definition) is 1. The average Bonchev–Trinajstić information content (AvgIpc) is 3.46. The fourth-order valence-corrected chi connectivity index (χ4v) is 5.36. The first-order valence-electron chi connectivity index (χ1n) is 10.6. The van der Waals surface area contributed by atoms with Crippen molar-refractivity contribution in [2.45, 2.75) is 6.54 Å². The predicted octanol–water partition coefficient (Wildman–Crippen LogP) is 6.82. The quantitative estimate of drug-likeness (QED) is 0.326. The summed E-state index contributed by atoms with van der Waals surface area (Å²) in [5, 5.41) is 6.52. The van der Waals surface area contributed by atoms with Crippen LogP contribution in [0.3, 0.4) is 0 Å². The molecule has 0 unspecified atom stereocenters. The maximum atomic E-state index is 12.2. The number of fused-ring (bicyclic) bond motifs is 4. The van der Waals surface area contributed by atoms with Gasteiger partial charge in [-0.05, 0) is 57.6 Å². The number of thiophene rings is 1. The Balaban J connectivity index is 1.62. The van der Waals surface area contributed by atoms with Crippen LogP contribution >= 0.6 is 11.3 Å². The smallest absolute Gasteiger partial charge is 0.249 e. The standard InChI is InChI=1S/C28H20N2OS/c29-28(31)23-7-3-8-24-27(23)22-13-12-21(26-9-4-14-32-26)16-25(22)30(24)17-18-10-11-19-5-1-2-6-20(19)15-18/h1-16H,17H2,(H2,29,31). The van der Waals surface area contributed by atoms with Crippen LogP contribution in [-0.2, 0) is 6.54 Å². The van der Waals surface area contributed by atoms with Gasteiger partial charge in [0.1, 0.15) is 0 Å². The van der Waals surface area contributed by atoms with Gasteiger partial charge >= 0.3 is 0 Å². The van der Waals surface area contributed by atoms with Gasteiger partial charge in [-0.2, -0.15) is 0 Å². The number of amides is 1. The number of carbonyl (C=O) groups is 1. The lowest BCUT2D eigenvalue weighted by molar-refractivity contribution is 0.100. The maximum absolute atomic E-state index is 12.2. The molecular weight excluding hydrogens is 412 g/mol. The molecule has 3 nitrogen and oxygen atoms in total. The average molecular weight is 433 g/mol. The number of carbonyl (C=O) groups excluding carboxylic acids is 1. The summed E-state index contributed by atoms with van der Waals surface area (Å²) in [4.78, 5) is 13.5.